The van der Waals surface area contributed by atoms with Gasteiger partial charge in [0.05, 0.1) is 12.6 Å². The number of hydrogen-bond donors (Lipinski definition) is 0. The van der Waals surface area contributed by atoms with Crippen LogP contribution in [0.2, 0.25) is 0 Å². The lowest BCUT2D eigenvalue weighted by Gasteiger charge is -2.27. The number of nitrogens with zero attached hydrogens (tertiary/aromatic N) is 1. The van der Waals surface area contributed by atoms with Gasteiger partial charge in [0.25, 0.3) is 0 Å². The highest BCUT2D eigenvalue weighted by Crippen LogP contribution is 2.24. The second kappa shape index (κ2) is 6.43. The highest BCUT2D eigenvalue weighted by atomic mass is 16.5. The van der Waals surface area contributed by atoms with Crippen LogP contribution >= 0.6 is 0 Å². The molecular formula is C18H23NO. The molecule has 0 N–H and O–H groups in total. The Morgan fingerprint density at radius 1 is 1.20 bits per heavy atom. The summed E-state index contributed by atoms with van der Waals surface area (Å²) in [7, 11) is 0. The van der Waals surface area contributed by atoms with Crippen molar-refractivity contribution in [2.45, 2.75) is 32.2 Å². The van der Waals surface area contributed by atoms with E-state index in [1.807, 2.05) is 0 Å². The Hall–Kier alpha value is -1.30. The first-order valence-electron chi connectivity index (χ1n) is 7.73. The van der Waals surface area contributed by atoms with Gasteiger partial charge in [-0.3, -0.25) is 4.90 Å². The summed E-state index contributed by atoms with van der Waals surface area (Å²) in [5, 5.41) is 0. The largest absolute Gasteiger partial charge is 0.381 e. The van der Waals surface area contributed by atoms with Gasteiger partial charge in [0.15, 0.2) is 0 Å². The SMILES string of the molecule is Cc1ccc(C#CC(C2CCOC2)N2CCCC2)cc1. The van der Waals surface area contributed by atoms with E-state index in [9.17, 15) is 0 Å². The molecule has 1 aromatic rings. The third kappa shape index (κ3) is 3.23. The van der Waals surface area contributed by atoms with Crippen molar-refractivity contribution < 1.29 is 4.74 Å². The zero-order chi connectivity index (χ0) is 13.8. The first-order chi connectivity index (χ1) is 9.83. The predicted molar refractivity (Wildman–Crippen MR) is 81.6 cm³/mol. The molecule has 0 radical (unpaired) electrons. The molecule has 2 saturated heterocycles. The average Bonchev–Trinajstić information content (AvgIpc) is 3.14. The molecule has 2 nitrogen and oxygen atoms in total. The summed E-state index contributed by atoms with van der Waals surface area (Å²) in [4.78, 5) is 2.56. The highest BCUT2D eigenvalue weighted by molar-refractivity contribution is 5.37. The number of rotatable bonds is 2. The molecule has 106 valence electrons. The molecule has 0 spiro atoms. The van der Waals surface area contributed by atoms with Gasteiger partial charge in [-0.2, -0.15) is 0 Å². The molecule has 20 heavy (non-hydrogen) atoms. The van der Waals surface area contributed by atoms with Crippen LogP contribution in [-0.4, -0.2) is 37.2 Å². The van der Waals surface area contributed by atoms with Gasteiger partial charge in [-0.05, 0) is 51.4 Å². The second-order valence-corrected chi connectivity index (χ2v) is 5.95. The van der Waals surface area contributed by atoms with Gasteiger partial charge >= 0.3 is 0 Å². The predicted octanol–water partition coefficient (Wildman–Crippen LogP) is 2.85. The van der Waals surface area contributed by atoms with Crippen LogP contribution in [0.1, 0.15) is 30.4 Å². The minimum atomic E-state index is 0.376. The van der Waals surface area contributed by atoms with E-state index in [4.69, 9.17) is 4.74 Å². The smallest absolute Gasteiger partial charge is 0.0769 e. The summed E-state index contributed by atoms with van der Waals surface area (Å²) in [6.45, 7) is 6.29. The molecule has 2 atom stereocenters. The summed E-state index contributed by atoms with van der Waals surface area (Å²) >= 11 is 0. The summed E-state index contributed by atoms with van der Waals surface area (Å²) in [5.41, 5.74) is 2.41. The lowest BCUT2D eigenvalue weighted by molar-refractivity contribution is 0.158. The van der Waals surface area contributed by atoms with Crippen molar-refractivity contribution in [1.82, 2.24) is 4.90 Å². The van der Waals surface area contributed by atoms with Gasteiger partial charge < -0.3 is 4.74 Å². The van der Waals surface area contributed by atoms with Crippen LogP contribution in [0.4, 0.5) is 0 Å². The van der Waals surface area contributed by atoms with Crippen LogP contribution in [0.25, 0.3) is 0 Å². The fourth-order valence-corrected chi connectivity index (χ4v) is 3.12. The molecule has 0 saturated carbocycles. The second-order valence-electron chi connectivity index (χ2n) is 5.95. The number of likely N-dealkylation sites (tertiary alicyclic amines) is 1. The summed E-state index contributed by atoms with van der Waals surface area (Å²) in [5.74, 6) is 7.50. The van der Waals surface area contributed by atoms with Crippen molar-refractivity contribution >= 4 is 0 Å². The molecule has 0 aliphatic carbocycles. The highest BCUT2D eigenvalue weighted by Gasteiger charge is 2.30. The van der Waals surface area contributed by atoms with E-state index >= 15 is 0 Å². The molecule has 2 aliphatic rings. The standard InChI is InChI=1S/C18H23NO/c1-15-4-6-16(7-5-15)8-9-18(17-10-13-20-14-17)19-11-2-3-12-19/h4-7,17-18H,2-3,10-14H2,1H3. The minimum absolute atomic E-state index is 0.376. The van der Waals surface area contributed by atoms with Gasteiger partial charge in [0.2, 0.25) is 0 Å². The number of aryl methyl sites for hydroxylation is 1. The maximum absolute atomic E-state index is 5.57. The van der Waals surface area contributed by atoms with Crippen molar-refractivity contribution in [3.8, 4) is 11.8 Å². The van der Waals surface area contributed by atoms with Crippen LogP contribution in [0.15, 0.2) is 24.3 Å². The zero-order valence-electron chi connectivity index (χ0n) is 12.3. The fraction of sp³-hybridized carbons (Fsp3) is 0.556. The molecule has 2 heteroatoms. The number of ether oxygens (including phenoxy) is 1. The first-order valence-corrected chi connectivity index (χ1v) is 7.73. The maximum atomic E-state index is 5.57. The summed E-state index contributed by atoms with van der Waals surface area (Å²) in [6.07, 6.45) is 3.79. The van der Waals surface area contributed by atoms with E-state index in [0.29, 0.717) is 12.0 Å². The van der Waals surface area contributed by atoms with Gasteiger partial charge in [-0.15, -0.1) is 0 Å². The van der Waals surface area contributed by atoms with E-state index < -0.39 is 0 Å². The Balaban J connectivity index is 1.76. The van der Waals surface area contributed by atoms with Crippen molar-refractivity contribution in [2.24, 2.45) is 5.92 Å². The quantitative estimate of drug-likeness (QED) is 0.766. The van der Waals surface area contributed by atoms with E-state index in [-0.39, 0.29) is 0 Å². The van der Waals surface area contributed by atoms with Crippen LogP contribution in [0, 0.1) is 24.7 Å². The van der Waals surface area contributed by atoms with Gasteiger partial charge in [-0.1, -0.05) is 29.5 Å². The molecule has 0 aromatic heterocycles. The average molecular weight is 269 g/mol. The van der Waals surface area contributed by atoms with E-state index in [2.05, 4.69) is 47.9 Å². The summed E-state index contributed by atoms with van der Waals surface area (Å²) < 4.78 is 5.57. The minimum Gasteiger partial charge on any atom is -0.381 e. The molecule has 3 rings (SSSR count). The van der Waals surface area contributed by atoms with Gasteiger partial charge in [-0.25, -0.2) is 0 Å². The molecule has 2 unspecified atom stereocenters. The van der Waals surface area contributed by atoms with Crippen molar-refractivity contribution in [1.29, 1.82) is 0 Å². The third-order valence-electron chi connectivity index (χ3n) is 4.36. The fourth-order valence-electron chi connectivity index (χ4n) is 3.12. The normalized spacial score (nSPS) is 24.4. The van der Waals surface area contributed by atoms with Crippen LogP contribution in [0.5, 0.6) is 0 Å². The Morgan fingerprint density at radius 3 is 2.60 bits per heavy atom. The van der Waals surface area contributed by atoms with E-state index in [0.717, 1.165) is 25.2 Å². The molecule has 2 heterocycles. The lowest BCUT2D eigenvalue weighted by atomic mass is 9.97. The molecule has 0 amide bonds. The number of hydrogen-bond acceptors (Lipinski definition) is 2. The molecule has 2 aliphatic heterocycles. The van der Waals surface area contributed by atoms with Crippen molar-refractivity contribution in [3.63, 3.8) is 0 Å². The van der Waals surface area contributed by atoms with Crippen LogP contribution < -0.4 is 0 Å². The molecule has 0 bridgehead atoms. The van der Waals surface area contributed by atoms with Crippen LogP contribution in [-0.2, 0) is 4.74 Å². The zero-order valence-corrected chi connectivity index (χ0v) is 12.3. The maximum Gasteiger partial charge on any atom is 0.0769 e. The topological polar surface area (TPSA) is 12.5 Å². The lowest BCUT2D eigenvalue weighted by Crippen LogP contribution is -2.38. The van der Waals surface area contributed by atoms with E-state index in [1.165, 1.54) is 31.5 Å². The molecular weight excluding hydrogens is 246 g/mol. The number of benzene rings is 1. The Bertz CT molecular complexity index is 468. The Morgan fingerprint density at radius 2 is 1.95 bits per heavy atom. The third-order valence-corrected chi connectivity index (χ3v) is 4.36. The van der Waals surface area contributed by atoms with E-state index in [1.54, 1.807) is 0 Å². The summed E-state index contributed by atoms with van der Waals surface area (Å²) in [6, 6.07) is 8.88. The van der Waals surface area contributed by atoms with Crippen molar-refractivity contribution in [3.05, 3.63) is 35.4 Å². The van der Waals surface area contributed by atoms with Crippen LogP contribution in [0.3, 0.4) is 0 Å². The first kappa shape index (κ1) is 13.7. The molecule has 1 aromatic carbocycles. The monoisotopic (exact) mass is 269 g/mol. The van der Waals surface area contributed by atoms with Crippen molar-refractivity contribution in [2.75, 3.05) is 26.3 Å². The Labute approximate surface area is 122 Å². The van der Waals surface area contributed by atoms with Gasteiger partial charge in [0, 0.05) is 18.1 Å². The Kier molecular flexibility index (Phi) is 4.40. The molecule has 2 fully saturated rings. The van der Waals surface area contributed by atoms with Gasteiger partial charge in [0.1, 0.15) is 0 Å².